The second-order valence-electron chi connectivity index (χ2n) is 6.45. The van der Waals surface area contributed by atoms with Crippen molar-refractivity contribution >= 4 is 33.6 Å². The molecule has 2 aliphatic rings. The molecule has 6 nitrogen and oxygen atoms in total. The molecule has 2 N–H and O–H groups in total. The molecule has 1 saturated heterocycles. The van der Waals surface area contributed by atoms with Crippen molar-refractivity contribution < 1.29 is 18.3 Å². The van der Waals surface area contributed by atoms with Gasteiger partial charge in [0.1, 0.15) is 6.29 Å². The number of fused-ring (bicyclic) bond motifs is 1. The minimum atomic E-state index is -3.17. The van der Waals surface area contributed by atoms with E-state index in [2.05, 4.69) is 9.62 Å². The van der Waals surface area contributed by atoms with Crippen LogP contribution in [0.5, 0.6) is 0 Å². The van der Waals surface area contributed by atoms with Crippen LogP contribution in [-0.4, -0.2) is 51.3 Å². The molecule has 0 amide bonds. The molecular formula is C17H22N2O4S. The average Bonchev–Trinajstić information content (AvgIpc) is 2.53. The molecular weight excluding hydrogens is 328 g/mol. The van der Waals surface area contributed by atoms with Gasteiger partial charge in [-0.05, 0) is 41.8 Å². The van der Waals surface area contributed by atoms with Crippen molar-refractivity contribution in [2.75, 3.05) is 24.2 Å². The van der Waals surface area contributed by atoms with E-state index in [1.165, 1.54) is 6.26 Å². The van der Waals surface area contributed by atoms with Crippen LogP contribution in [0.4, 0.5) is 5.69 Å². The van der Waals surface area contributed by atoms with Gasteiger partial charge in [0.2, 0.25) is 10.0 Å². The zero-order valence-electron chi connectivity index (χ0n) is 13.6. The number of carbonyl (C=O) groups excluding carboxylic acids is 1. The molecule has 0 saturated carbocycles. The number of carbonyl (C=O) groups is 1. The molecule has 7 heteroatoms. The molecule has 3 rings (SSSR count). The third-order valence-electron chi connectivity index (χ3n) is 4.63. The Kier molecular flexibility index (Phi) is 4.76. The lowest BCUT2D eigenvalue weighted by Crippen LogP contribution is -2.45. The number of nitrogens with zero attached hydrogens (tertiary/aromatic N) is 1. The first-order chi connectivity index (χ1) is 11.4. The van der Waals surface area contributed by atoms with E-state index in [1.807, 2.05) is 24.3 Å². The summed E-state index contributed by atoms with van der Waals surface area (Å²) in [6, 6.07) is 5.87. The Morgan fingerprint density at radius 3 is 2.62 bits per heavy atom. The predicted octanol–water partition coefficient (Wildman–Crippen LogP) is -0.901. The summed E-state index contributed by atoms with van der Waals surface area (Å²) >= 11 is 0. The summed E-state index contributed by atoms with van der Waals surface area (Å²) in [7, 11) is -3.17. The van der Waals surface area contributed by atoms with Crippen molar-refractivity contribution in [1.29, 1.82) is 0 Å². The van der Waals surface area contributed by atoms with E-state index in [9.17, 15) is 18.3 Å². The minimum absolute atomic E-state index is 0.00872. The number of aldehydes is 1. The largest absolute Gasteiger partial charge is 0.388 e. The van der Waals surface area contributed by atoms with Gasteiger partial charge in [0, 0.05) is 30.4 Å². The van der Waals surface area contributed by atoms with E-state index in [0.29, 0.717) is 12.0 Å². The molecule has 1 unspecified atom stereocenters. The lowest BCUT2D eigenvalue weighted by Gasteiger charge is -2.33. The van der Waals surface area contributed by atoms with Gasteiger partial charge in [0.05, 0.1) is 12.4 Å². The molecule has 1 heterocycles. The zero-order valence-corrected chi connectivity index (χ0v) is 14.4. The van der Waals surface area contributed by atoms with Crippen LogP contribution in [-0.2, 0) is 14.8 Å². The highest BCUT2D eigenvalue weighted by molar-refractivity contribution is 7.88. The fraction of sp³-hybridized carbons (Fsp3) is 0.471. The molecule has 0 aromatic heterocycles. The number of piperidine rings is 1. The third kappa shape index (κ3) is 3.68. The quantitative estimate of drug-likeness (QED) is 0.688. The van der Waals surface area contributed by atoms with Crippen molar-refractivity contribution in [1.82, 2.24) is 4.72 Å². The highest BCUT2D eigenvalue weighted by atomic mass is 32.2. The second kappa shape index (κ2) is 6.66. The molecule has 1 aromatic carbocycles. The number of aliphatic hydroxyl groups excluding tert-OH is 1. The number of nitrogens with one attached hydrogen (secondary N) is 1. The summed E-state index contributed by atoms with van der Waals surface area (Å²) in [5, 5.41) is 11.7. The van der Waals surface area contributed by atoms with Crippen LogP contribution in [0.3, 0.4) is 0 Å². The van der Waals surface area contributed by atoms with E-state index in [4.69, 9.17) is 0 Å². The molecule has 1 aliphatic carbocycles. The van der Waals surface area contributed by atoms with Crippen LogP contribution >= 0.6 is 0 Å². The van der Waals surface area contributed by atoms with Gasteiger partial charge in [-0.2, -0.15) is 0 Å². The van der Waals surface area contributed by atoms with Gasteiger partial charge in [-0.25, -0.2) is 13.1 Å². The highest BCUT2D eigenvalue weighted by Crippen LogP contribution is 2.19. The Labute approximate surface area is 141 Å². The van der Waals surface area contributed by atoms with Gasteiger partial charge >= 0.3 is 0 Å². The first-order valence-electron chi connectivity index (χ1n) is 8.07. The monoisotopic (exact) mass is 350 g/mol. The number of anilines is 1. The second-order valence-corrected chi connectivity index (χ2v) is 8.23. The lowest BCUT2D eigenvalue weighted by molar-refractivity contribution is -0.104. The van der Waals surface area contributed by atoms with Crippen LogP contribution in [0.1, 0.15) is 19.3 Å². The summed E-state index contributed by atoms with van der Waals surface area (Å²) in [6.45, 7) is 1.55. The Hall–Kier alpha value is -1.70. The van der Waals surface area contributed by atoms with Gasteiger partial charge in [-0.15, -0.1) is 0 Å². The predicted molar refractivity (Wildman–Crippen MR) is 93.5 cm³/mol. The molecule has 1 aromatic rings. The topological polar surface area (TPSA) is 86.7 Å². The van der Waals surface area contributed by atoms with Crippen molar-refractivity contribution in [3.63, 3.8) is 0 Å². The molecule has 24 heavy (non-hydrogen) atoms. The standard InChI is InChI=1S/C17H22N2O4S/c1-24(22,23)18-13-6-8-19(9-7-13)14-3-4-15-12(10-14)2-5-17(21)16(15)11-20/h2-4,10-11,13,17-18,21H,5-9H2,1H3. The summed E-state index contributed by atoms with van der Waals surface area (Å²) in [4.78, 5) is 13.4. The van der Waals surface area contributed by atoms with E-state index in [0.717, 1.165) is 48.3 Å². The number of sulfonamides is 1. The fourth-order valence-corrected chi connectivity index (χ4v) is 4.27. The zero-order chi connectivity index (χ0) is 17.3. The third-order valence-corrected chi connectivity index (χ3v) is 5.40. The fourth-order valence-electron chi connectivity index (χ4n) is 3.42. The van der Waals surface area contributed by atoms with E-state index < -0.39 is 16.1 Å². The van der Waals surface area contributed by atoms with E-state index in [-0.39, 0.29) is 6.04 Å². The van der Waals surface area contributed by atoms with Crippen molar-refractivity contribution in [2.45, 2.75) is 31.4 Å². The summed E-state index contributed by atoms with van der Waals surface area (Å²) in [5.74, 6) is 0. The number of hydrogen-bond donors (Lipinski definition) is 2. The average molecular weight is 350 g/mol. The smallest absolute Gasteiger partial charge is 0.208 e. The maximum atomic E-state index is 11.3. The van der Waals surface area contributed by atoms with E-state index >= 15 is 0 Å². The Morgan fingerprint density at radius 1 is 1.29 bits per heavy atom. The molecule has 1 fully saturated rings. The maximum Gasteiger partial charge on any atom is 0.208 e. The van der Waals surface area contributed by atoms with Crippen molar-refractivity contribution in [3.8, 4) is 0 Å². The van der Waals surface area contributed by atoms with Gasteiger partial charge < -0.3 is 10.0 Å². The van der Waals surface area contributed by atoms with Crippen LogP contribution in [0, 0.1) is 0 Å². The number of rotatable bonds is 4. The van der Waals surface area contributed by atoms with Gasteiger partial charge in [0.15, 0.2) is 0 Å². The molecule has 0 spiro atoms. The first kappa shape index (κ1) is 17.1. The molecule has 0 bridgehead atoms. The highest BCUT2D eigenvalue weighted by Gasteiger charge is 2.22. The summed E-state index contributed by atoms with van der Waals surface area (Å²) in [5.41, 5.74) is 1.50. The molecule has 130 valence electrons. The SMILES string of the molecule is CS(=O)(=O)NC1CCN(c2ccc3c(c2)=CCC(O)C=3C=O)CC1. The molecule has 1 atom stereocenters. The van der Waals surface area contributed by atoms with Crippen LogP contribution < -0.4 is 20.1 Å². The van der Waals surface area contributed by atoms with E-state index in [1.54, 1.807) is 0 Å². The summed E-state index contributed by atoms with van der Waals surface area (Å²) in [6.07, 6.45) is 5.13. The van der Waals surface area contributed by atoms with Gasteiger partial charge in [0.25, 0.3) is 0 Å². The minimum Gasteiger partial charge on any atom is -0.388 e. The Bertz CT molecular complexity index is 855. The van der Waals surface area contributed by atoms with Crippen molar-refractivity contribution in [2.24, 2.45) is 0 Å². The first-order valence-corrected chi connectivity index (χ1v) is 9.96. The summed E-state index contributed by atoms with van der Waals surface area (Å²) < 4.78 is 25.3. The number of aliphatic hydroxyl groups is 1. The Morgan fingerprint density at radius 2 is 2.00 bits per heavy atom. The van der Waals surface area contributed by atoms with Crippen LogP contribution in [0.25, 0.3) is 11.6 Å². The van der Waals surface area contributed by atoms with Crippen molar-refractivity contribution in [3.05, 3.63) is 28.6 Å². The van der Waals surface area contributed by atoms with Gasteiger partial charge in [-0.1, -0.05) is 12.1 Å². The van der Waals surface area contributed by atoms with Gasteiger partial charge in [-0.3, -0.25) is 4.79 Å². The normalized spacial score (nSPS) is 22.0. The number of benzene rings is 1. The maximum absolute atomic E-state index is 11.3. The molecule has 1 aliphatic heterocycles. The molecule has 0 radical (unpaired) electrons. The van der Waals surface area contributed by atoms with Crippen LogP contribution in [0.2, 0.25) is 0 Å². The van der Waals surface area contributed by atoms with Crippen LogP contribution in [0.15, 0.2) is 18.2 Å². The number of hydrogen-bond acceptors (Lipinski definition) is 5. The Balaban J connectivity index is 1.79. The lowest BCUT2D eigenvalue weighted by atomic mass is 9.97.